The number of halogens is 3. The van der Waals surface area contributed by atoms with Gasteiger partial charge in [-0.1, -0.05) is 12.1 Å². The second kappa shape index (κ2) is 10.1. The predicted octanol–water partition coefficient (Wildman–Crippen LogP) is 2.94. The van der Waals surface area contributed by atoms with Gasteiger partial charge in [-0.25, -0.2) is 8.78 Å². The number of non-ortho nitro benzene ring substituents is 1. The zero-order valence-corrected chi connectivity index (χ0v) is 16.1. The molecule has 1 fully saturated rings. The number of carbonyl (C=O) groups is 1. The van der Waals surface area contributed by atoms with Crippen LogP contribution in [0.1, 0.15) is 17.9 Å². The van der Waals surface area contributed by atoms with Crippen LogP contribution in [0.2, 0.25) is 0 Å². The van der Waals surface area contributed by atoms with E-state index in [-0.39, 0.29) is 42.4 Å². The average Bonchev–Trinajstić information content (AvgIpc) is 2.69. The number of nitrogens with one attached hydrogen (secondary N) is 2. The lowest BCUT2D eigenvalue weighted by Crippen LogP contribution is -2.51. The largest absolute Gasteiger partial charge is 0.484 e. The lowest BCUT2D eigenvalue weighted by molar-refractivity contribution is -0.384. The molecule has 0 radical (unpaired) electrons. The van der Waals surface area contributed by atoms with Gasteiger partial charge in [0.15, 0.2) is 18.2 Å². The third kappa shape index (κ3) is 5.85. The third-order valence-corrected chi connectivity index (χ3v) is 4.60. The maximum absolute atomic E-state index is 13.6. The molecule has 0 bridgehead atoms. The molecule has 2 aromatic carbocycles. The molecule has 3 rings (SSSR count). The lowest BCUT2D eigenvalue weighted by Gasteiger charge is -2.33. The van der Waals surface area contributed by atoms with Gasteiger partial charge in [-0.05, 0) is 36.7 Å². The Labute approximate surface area is 172 Å². The van der Waals surface area contributed by atoms with Crippen molar-refractivity contribution in [3.63, 3.8) is 0 Å². The van der Waals surface area contributed by atoms with Gasteiger partial charge in [-0.15, -0.1) is 12.4 Å². The summed E-state index contributed by atoms with van der Waals surface area (Å²) in [7, 11) is 0. The fourth-order valence-corrected chi connectivity index (χ4v) is 3.24. The average molecular weight is 428 g/mol. The molecule has 156 valence electrons. The molecule has 1 amide bonds. The minimum atomic E-state index is -0.921. The lowest BCUT2D eigenvalue weighted by atomic mass is 9.86. The fourth-order valence-electron chi connectivity index (χ4n) is 3.24. The molecule has 2 N–H and O–H groups in total. The number of piperidine rings is 1. The van der Waals surface area contributed by atoms with Gasteiger partial charge < -0.3 is 15.4 Å². The van der Waals surface area contributed by atoms with E-state index in [2.05, 4.69) is 10.6 Å². The molecule has 10 heteroatoms. The summed E-state index contributed by atoms with van der Waals surface area (Å²) in [6.45, 7) is 0.856. The molecule has 2 atom stereocenters. The van der Waals surface area contributed by atoms with Crippen LogP contribution in [0.5, 0.6) is 5.75 Å². The molecule has 1 saturated heterocycles. The first-order valence-electron chi connectivity index (χ1n) is 8.76. The van der Waals surface area contributed by atoms with E-state index in [1.54, 1.807) is 0 Å². The van der Waals surface area contributed by atoms with Crippen molar-refractivity contribution in [3.8, 4) is 5.75 Å². The molecule has 29 heavy (non-hydrogen) atoms. The maximum Gasteiger partial charge on any atom is 0.273 e. The van der Waals surface area contributed by atoms with Crippen LogP contribution >= 0.6 is 12.4 Å². The van der Waals surface area contributed by atoms with Crippen molar-refractivity contribution >= 4 is 24.0 Å². The number of carbonyl (C=O) groups excluding carboxylic acids is 1. The second-order valence-electron chi connectivity index (χ2n) is 6.49. The van der Waals surface area contributed by atoms with Crippen LogP contribution in [-0.2, 0) is 4.79 Å². The van der Waals surface area contributed by atoms with Crippen molar-refractivity contribution in [1.29, 1.82) is 0 Å². The highest BCUT2D eigenvalue weighted by Gasteiger charge is 2.28. The first-order chi connectivity index (χ1) is 13.4. The number of ether oxygens (including phenoxy) is 1. The highest BCUT2D eigenvalue weighted by atomic mass is 35.5. The quantitative estimate of drug-likeness (QED) is 0.546. The van der Waals surface area contributed by atoms with Crippen LogP contribution in [0.25, 0.3) is 0 Å². The summed E-state index contributed by atoms with van der Waals surface area (Å²) < 4.78 is 32.1. The molecule has 1 aliphatic heterocycles. The molecule has 0 spiro atoms. The van der Waals surface area contributed by atoms with Gasteiger partial charge in [-0.2, -0.15) is 0 Å². The normalized spacial score (nSPS) is 18.4. The van der Waals surface area contributed by atoms with Gasteiger partial charge in [0.25, 0.3) is 11.6 Å². The van der Waals surface area contributed by atoms with Crippen LogP contribution in [0.4, 0.5) is 14.5 Å². The first-order valence-corrected chi connectivity index (χ1v) is 8.76. The van der Waals surface area contributed by atoms with Gasteiger partial charge in [0.1, 0.15) is 5.75 Å². The molecule has 2 unspecified atom stereocenters. The summed E-state index contributed by atoms with van der Waals surface area (Å²) in [5.41, 5.74) is 0.484. The van der Waals surface area contributed by atoms with Gasteiger partial charge in [0.05, 0.1) is 11.0 Å². The Bertz CT molecular complexity index is 884. The van der Waals surface area contributed by atoms with Crippen molar-refractivity contribution in [2.24, 2.45) is 0 Å². The summed E-state index contributed by atoms with van der Waals surface area (Å²) in [5, 5.41) is 16.8. The van der Waals surface area contributed by atoms with Crippen molar-refractivity contribution in [2.45, 2.75) is 18.4 Å². The predicted molar refractivity (Wildman–Crippen MR) is 104 cm³/mol. The van der Waals surface area contributed by atoms with Crippen molar-refractivity contribution in [1.82, 2.24) is 10.6 Å². The van der Waals surface area contributed by atoms with Crippen LogP contribution in [0.3, 0.4) is 0 Å². The van der Waals surface area contributed by atoms with Crippen molar-refractivity contribution in [2.75, 3.05) is 19.7 Å². The third-order valence-electron chi connectivity index (χ3n) is 4.60. The number of nitrogens with zero attached hydrogens (tertiary/aromatic N) is 1. The van der Waals surface area contributed by atoms with E-state index < -0.39 is 22.5 Å². The number of nitro benzene ring substituents is 1. The van der Waals surface area contributed by atoms with E-state index in [1.807, 2.05) is 0 Å². The highest BCUT2D eigenvalue weighted by Crippen LogP contribution is 2.27. The van der Waals surface area contributed by atoms with E-state index in [0.29, 0.717) is 25.1 Å². The summed E-state index contributed by atoms with van der Waals surface area (Å²) >= 11 is 0. The Morgan fingerprint density at radius 2 is 2.03 bits per heavy atom. The number of hydrogen-bond donors (Lipinski definition) is 2. The zero-order valence-electron chi connectivity index (χ0n) is 15.3. The van der Waals surface area contributed by atoms with E-state index in [1.165, 1.54) is 30.3 Å². The molecular weight excluding hydrogens is 408 g/mol. The fraction of sp³-hybridized carbons (Fsp3) is 0.316. The molecule has 0 aliphatic carbocycles. The first kappa shape index (κ1) is 22.5. The second-order valence-corrected chi connectivity index (χ2v) is 6.49. The number of rotatable bonds is 6. The van der Waals surface area contributed by atoms with Gasteiger partial charge in [0.2, 0.25) is 0 Å². The molecule has 1 aliphatic rings. The topological polar surface area (TPSA) is 93.5 Å². The molecule has 2 aromatic rings. The van der Waals surface area contributed by atoms with E-state index in [4.69, 9.17) is 4.74 Å². The minimum absolute atomic E-state index is 0. The van der Waals surface area contributed by atoms with E-state index in [9.17, 15) is 23.7 Å². The molecule has 7 nitrogen and oxygen atoms in total. The maximum atomic E-state index is 13.6. The highest BCUT2D eigenvalue weighted by molar-refractivity contribution is 5.85. The summed E-state index contributed by atoms with van der Waals surface area (Å²) in [4.78, 5) is 22.5. The zero-order chi connectivity index (χ0) is 20.1. The summed E-state index contributed by atoms with van der Waals surface area (Å²) in [6, 6.07) is 8.99. The number of benzene rings is 2. The van der Waals surface area contributed by atoms with Crippen LogP contribution in [0, 0.1) is 21.7 Å². The minimum Gasteiger partial charge on any atom is -0.484 e. The Balaban J connectivity index is 0.00000300. The standard InChI is InChI=1S/C19H19F2N3O4.ClH/c20-16-5-4-12(8-17(16)21)15-6-7-22-10-18(15)23-19(25)11-28-14-3-1-2-13(9-14)24(26)27;/h1-5,8-9,15,18,22H,6-7,10-11H2,(H,23,25);1H. The van der Waals surface area contributed by atoms with Crippen LogP contribution < -0.4 is 15.4 Å². The molecule has 1 heterocycles. The Hall–Kier alpha value is -2.78. The Kier molecular flexibility index (Phi) is 7.86. The van der Waals surface area contributed by atoms with Crippen LogP contribution in [0.15, 0.2) is 42.5 Å². The SMILES string of the molecule is Cl.O=C(COc1cccc([N+](=O)[O-])c1)NC1CNCCC1c1ccc(F)c(F)c1. The van der Waals surface area contributed by atoms with Gasteiger partial charge >= 0.3 is 0 Å². The molecular formula is C19H20ClF2N3O4. The number of amides is 1. The molecule has 0 saturated carbocycles. The van der Waals surface area contributed by atoms with Gasteiger partial charge in [0, 0.05) is 24.6 Å². The number of hydrogen-bond acceptors (Lipinski definition) is 5. The molecule has 0 aromatic heterocycles. The monoisotopic (exact) mass is 427 g/mol. The van der Waals surface area contributed by atoms with Crippen molar-refractivity contribution in [3.05, 3.63) is 69.8 Å². The van der Waals surface area contributed by atoms with Gasteiger partial charge in [-0.3, -0.25) is 14.9 Å². The Morgan fingerprint density at radius 3 is 2.76 bits per heavy atom. The van der Waals surface area contributed by atoms with E-state index >= 15 is 0 Å². The summed E-state index contributed by atoms with van der Waals surface area (Å²) in [5.74, 6) is -2.20. The summed E-state index contributed by atoms with van der Waals surface area (Å²) in [6.07, 6.45) is 0.655. The van der Waals surface area contributed by atoms with E-state index in [0.717, 1.165) is 12.1 Å². The van der Waals surface area contributed by atoms with Crippen molar-refractivity contribution < 1.29 is 23.2 Å². The number of nitro groups is 1. The smallest absolute Gasteiger partial charge is 0.273 e. The van der Waals surface area contributed by atoms with Crippen LogP contribution in [-0.4, -0.2) is 36.6 Å². The Morgan fingerprint density at radius 1 is 1.24 bits per heavy atom.